The molecule has 0 atom stereocenters. The molecule has 1 heterocycles. The van der Waals surface area contributed by atoms with Crippen LogP contribution in [0.2, 0.25) is 0 Å². The van der Waals surface area contributed by atoms with Gasteiger partial charge in [-0.25, -0.2) is 4.98 Å². The number of nitrogens with two attached hydrogens (primary N) is 2. The smallest absolute Gasteiger partial charge is 0.149 e. The summed E-state index contributed by atoms with van der Waals surface area (Å²) >= 11 is 0. The molecule has 1 saturated carbocycles. The van der Waals surface area contributed by atoms with Crippen molar-refractivity contribution >= 4 is 17.3 Å². The van der Waals surface area contributed by atoms with Gasteiger partial charge >= 0.3 is 0 Å². The maximum absolute atomic E-state index is 5.61. The fraction of sp³-hybridized carbons (Fsp3) is 0.500. The average Bonchev–Trinajstić information content (AvgIpc) is 2.16. The minimum atomic E-state index is 0.377. The van der Waals surface area contributed by atoms with Crippen LogP contribution in [-0.4, -0.2) is 24.2 Å². The largest absolute Gasteiger partial charge is 0.396 e. The zero-order valence-electron chi connectivity index (χ0n) is 8.73. The summed E-state index contributed by atoms with van der Waals surface area (Å²) in [5.74, 6) is 1.16. The standard InChI is InChI=1S/C10H16N4O/c1-15-7-4-6(5-7)13-9-3-2-8(11)10(12)14-9/h2-3,6-7H,4-5,11H2,1H3,(H3,12,13,14). The molecule has 1 aromatic rings. The van der Waals surface area contributed by atoms with E-state index < -0.39 is 0 Å². The molecule has 0 unspecified atom stereocenters. The van der Waals surface area contributed by atoms with Gasteiger partial charge in [-0.2, -0.15) is 0 Å². The van der Waals surface area contributed by atoms with E-state index >= 15 is 0 Å². The van der Waals surface area contributed by atoms with Crippen molar-refractivity contribution in [1.82, 2.24) is 4.98 Å². The molecular weight excluding hydrogens is 192 g/mol. The Morgan fingerprint density at radius 1 is 1.40 bits per heavy atom. The fourth-order valence-electron chi connectivity index (χ4n) is 1.65. The monoisotopic (exact) mass is 208 g/mol. The second kappa shape index (κ2) is 3.94. The summed E-state index contributed by atoms with van der Waals surface area (Å²) < 4.78 is 5.19. The first-order valence-electron chi connectivity index (χ1n) is 5.00. The molecule has 5 N–H and O–H groups in total. The second-order valence-electron chi connectivity index (χ2n) is 3.84. The van der Waals surface area contributed by atoms with Gasteiger partial charge in [0.25, 0.3) is 0 Å². The van der Waals surface area contributed by atoms with E-state index in [1.165, 1.54) is 0 Å². The lowest BCUT2D eigenvalue weighted by Gasteiger charge is -2.34. The van der Waals surface area contributed by atoms with Crippen LogP contribution in [0.5, 0.6) is 0 Å². The molecule has 0 spiro atoms. The number of ether oxygens (including phenoxy) is 1. The first-order valence-corrected chi connectivity index (χ1v) is 5.00. The van der Waals surface area contributed by atoms with Crippen LogP contribution in [-0.2, 0) is 4.74 Å². The summed E-state index contributed by atoms with van der Waals surface area (Å²) in [6.45, 7) is 0. The Morgan fingerprint density at radius 3 is 2.73 bits per heavy atom. The van der Waals surface area contributed by atoms with E-state index in [2.05, 4.69) is 10.3 Å². The summed E-state index contributed by atoms with van der Waals surface area (Å²) in [4.78, 5) is 4.15. The Kier molecular flexibility index (Phi) is 2.64. The number of nitrogens with one attached hydrogen (secondary N) is 1. The fourth-order valence-corrected chi connectivity index (χ4v) is 1.65. The van der Waals surface area contributed by atoms with Crippen molar-refractivity contribution in [3.05, 3.63) is 12.1 Å². The van der Waals surface area contributed by atoms with Gasteiger partial charge in [0.1, 0.15) is 11.6 Å². The highest BCUT2D eigenvalue weighted by atomic mass is 16.5. The minimum Gasteiger partial charge on any atom is -0.396 e. The van der Waals surface area contributed by atoms with E-state index in [-0.39, 0.29) is 0 Å². The summed E-state index contributed by atoms with van der Waals surface area (Å²) in [6, 6.07) is 4.04. The molecule has 0 amide bonds. The van der Waals surface area contributed by atoms with Crippen LogP contribution in [0.4, 0.5) is 17.3 Å². The maximum atomic E-state index is 5.61. The van der Waals surface area contributed by atoms with Gasteiger partial charge in [-0.15, -0.1) is 0 Å². The number of anilines is 3. The van der Waals surface area contributed by atoms with Gasteiger partial charge < -0.3 is 21.5 Å². The lowest BCUT2D eigenvalue weighted by atomic mass is 9.89. The number of nitrogens with zero attached hydrogens (tertiary/aromatic N) is 1. The number of hydrogen-bond acceptors (Lipinski definition) is 5. The molecule has 0 aliphatic heterocycles. The molecule has 0 saturated heterocycles. The Labute approximate surface area is 88.8 Å². The van der Waals surface area contributed by atoms with Gasteiger partial charge in [-0.3, -0.25) is 0 Å². The molecule has 0 radical (unpaired) electrons. The van der Waals surface area contributed by atoms with Gasteiger partial charge in [-0.05, 0) is 25.0 Å². The summed E-state index contributed by atoms with van der Waals surface area (Å²) in [7, 11) is 1.74. The van der Waals surface area contributed by atoms with E-state index in [4.69, 9.17) is 16.2 Å². The molecule has 2 rings (SSSR count). The van der Waals surface area contributed by atoms with Gasteiger partial charge in [-0.1, -0.05) is 0 Å². The number of aromatic nitrogens is 1. The van der Waals surface area contributed by atoms with Crippen LogP contribution in [0.15, 0.2) is 12.1 Å². The topological polar surface area (TPSA) is 86.2 Å². The highest BCUT2D eigenvalue weighted by Gasteiger charge is 2.28. The van der Waals surface area contributed by atoms with Crippen molar-refractivity contribution in [2.24, 2.45) is 0 Å². The van der Waals surface area contributed by atoms with Crippen LogP contribution in [0.1, 0.15) is 12.8 Å². The molecule has 1 aliphatic rings. The third-order valence-electron chi connectivity index (χ3n) is 2.74. The van der Waals surface area contributed by atoms with Crippen LogP contribution in [0.3, 0.4) is 0 Å². The van der Waals surface area contributed by atoms with Crippen molar-refractivity contribution in [2.45, 2.75) is 25.0 Å². The van der Waals surface area contributed by atoms with E-state index in [1.54, 1.807) is 13.2 Å². The Morgan fingerprint density at radius 2 is 2.13 bits per heavy atom. The number of nitrogen functional groups attached to an aromatic ring is 2. The van der Waals surface area contributed by atoms with Crippen LogP contribution < -0.4 is 16.8 Å². The zero-order chi connectivity index (χ0) is 10.8. The van der Waals surface area contributed by atoms with Gasteiger partial charge in [0, 0.05) is 13.2 Å². The molecule has 5 nitrogen and oxygen atoms in total. The van der Waals surface area contributed by atoms with E-state index in [9.17, 15) is 0 Å². The SMILES string of the molecule is COC1CC(Nc2ccc(N)c(N)n2)C1. The Hall–Kier alpha value is -1.49. The third-order valence-corrected chi connectivity index (χ3v) is 2.74. The summed E-state index contributed by atoms with van der Waals surface area (Å²) in [5.41, 5.74) is 11.7. The van der Waals surface area contributed by atoms with Gasteiger partial charge in [0.2, 0.25) is 0 Å². The molecule has 1 fully saturated rings. The van der Waals surface area contributed by atoms with E-state index in [0.717, 1.165) is 18.7 Å². The van der Waals surface area contributed by atoms with Crippen molar-refractivity contribution in [2.75, 3.05) is 23.9 Å². The minimum absolute atomic E-state index is 0.377. The van der Waals surface area contributed by atoms with Crippen molar-refractivity contribution in [1.29, 1.82) is 0 Å². The molecule has 82 valence electrons. The summed E-state index contributed by atoms with van der Waals surface area (Å²) in [6.07, 6.45) is 2.42. The van der Waals surface area contributed by atoms with Crippen molar-refractivity contribution in [3.63, 3.8) is 0 Å². The van der Waals surface area contributed by atoms with Gasteiger partial charge in [0.15, 0.2) is 0 Å². The molecule has 0 bridgehead atoms. The lowest BCUT2D eigenvalue weighted by molar-refractivity contribution is 0.0328. The van der Waals surface area contributed by atoms with E-state index in [0.29, 0.717) is 23.7 Å². The first-order chi connectivity index (χ1) is 7.19. The van der Waals surface area contributed by atoms with Crippen LogP contribution >= 0.6 is 0 Å². The second-order valence-corrected chi connectivity index (χ2v) is 3.84. The highest BCUT2D eigenvalue weighted by molar-refractivity contribution is 5.61. The number of rotatable bonds is 3. The Balaban J connectivity index is 1.92. The molecular formula is C10H16N4O. The predicted molar refractivity (Wildman–Crippen MR) is 60.5 cm³/mol. The van der Waals surface area contributed by atoms with Crippen molar-refractivity contribution in [3.8, 4) is 0 Å². The highest BCUT2D eigenvalue weighted by Crippen LogP contribution is 2.26. The van der Waals surface area contributed by atoms with Crippen molar-refractivity contribution < 1.29 is 4.74 Å². The Bertz CT molecular complexity index is 349. The first kappa shape index (κ1) is 10.0. The lowest BCUT2D eigenvalue weighted by Crippen LogP contribution is -2.40. The number of pyridine rings is 1. The van der Waals surface area contributed by atoms with E-state index in [1.807, 2.05) is 6.07 Å². The molecule has 0 aromatic carbocycles. The molecule has 1 aromatic heterocycles. The molecule has 5 heteroatoms. The quantitative estimate of drug-likeness (QED) is 0.685. The average molecular weight is 208 g/mol. The number of hydrogen-bond donors (Lipinski definition) is 3. The normalized spacial score (nSPS) is 24.6. The molecule has 1 aliphatic carbocycles. The predicted octanol–water partition coefficient (Wildman–Crippen LogP) is 0.835. The zero-order valence-corrected chi connectivity index (χ0v) is 8.73. The number of methoxy groups -OCH3 is 1. The van der Waals surface area contributed by atoms with Gasteiger partial charge in [0.05, 0.1) is 11.8 Å². The van der Waals surface area contributed by atoms with Crippen LogP contribution in [0, 0.1) is 0 Å². The molecule has 15 heavy (non-hydrogen) atoms. The summed E-state index contributed by atoms with van der Waals surface area (Å²) in [5, 5.41) is 3.28. The van der Waals surface area contributed by atoms with Crippen LogP contribution in [0.25, 0.3) is 0 Å². The third kappa shape index (κ3) is 2.12. The maximum Gasteiger partial charge on any atom is 0.149 e.